The SMILES string of the molecule is CC#C[C@]1(OCOC)[C@@H]2C[C@H](OC(C)(C)C)[C@@](C)(C[C@@H]2OCOC)[C@H]1OCOC. The summed E-state index contributed by atoms with van der Waals surface area (Å²) in [5.41, 5.74) is -1.59. The number of hydrogen-bond acceptors (Lipinski definition) is 7. The maximum Gasteiger partial charge on any atom is 0.163 e. The molecule has 6 atom stereocenters. The molecule has 0 unspecified atom stereocenters. The summed E-state index contributed by atoms with van der Waals surface area (Å²) in [5, 5.41) is 0. The van der Waals surface area contributed by atoms with E-state index in [2.05, 4.69) is 39.5 Å². The van der Waals surface area contributed by atoms with Gasteiger partial charge in [-0.2, -0.15) is 0 Å². The third-order valence-corrected chi connectivity index (χ3v) is 5.82. The van der Waals surface area contributed by atoms with E-state index in [-0.39, 0.29) is 50.2 Å². The van der Waals surface area contributed by atoms with Crippen molar-refractivity contribution in [2.24, 2.45) is 11.3 Å². The Balaban J connectivity index is 2.53. The van der Waals surface area contributed by atoms with Crippen LogP contribution in [0.4, 0.5) is 0 Å². The number of hydrogen-bond donors (Lipinski definition) is 0. The molecule has 0 heterocycles. The van der Waals surface area contributed by atoms with Crippen molar-refractivity contribution in [3.05, 3.63) is 0 Å². The monoisotopic (exact) mass is 414 g/mol. The summed E-state index contributed by atoms with van der Waals surface area (Å²) in [4.78, 5) is 0. The van der Waals surface area contributed by atoms with E-state index in [9.17, 15) is 0 Å². The van der Waals surface area contributed by atoms with E-state index in [0.29, 0.717) is 0 Å². The number of methoxy groups -OCH3 is 3. The van der Waals surface area contributed by atoms with E-state index in [1.165, 1.54) is 0 Å². The third-order valence-electron chi connectivity index (χ3n) is 5.82. The van der Waals surface area contributed by atoms with Gasteiger partial charge in [0.05, 0.1) is 17.8 Å². The minimum absolute atomic E-state index is 0.0327. The average molecular weight is 415 g/mol. The number of rotatable bonds is 10. The summed E-state index contributed by atoms with van der Waals surface area (Å²) < 4.78 is 40.9. The van der Waals surface area contributed by atoms with Gasteiger partial charge in [-0.3, -0.25) is 0 Å². The Morgan fingerprint density at radius 1 is 0.966 bits per heavy atom. The lowest BCUT2D eigenvalue weighted by molar-refractivity contribution is -0.332. The van der Waals surface area contributed by atoms with Gasteiger partial charge in [-0.25, -0.2) is 0 Å². The normalized spacial score (nSPS) is 36.7. The number of fused-ring (bicyclic) bond motifs is 3. The highest BCUT2D eigenvalue weighted by atomic mass is 16.7. The predicted octanol–water partition coefficient (Wildman–Crippen LogP) is 2.96. The van der Waals surface area contributed by atoms with Gasteiger partial charge in [0.2, 0.25) is 0 Å². The first kappa shape index (κ1) is 24.5. The zero-order valence-electron chi connectivity index (χ0n) is 19.2. The molecule has 0 aromatic heterocycles. The second kappa shape index (κ2) is 10.1. The Bertz CT molecular complexity index is 578. The third kappa shape index (κ3) is 5.13. The zero-order chi connectivity index (χ0) is 21.7. The van der Waals surface area contributed by atoms with Crippen molar-refractivity contribution in [2.45, 2.75) is 77.0 Å². The lowest BCUT2D eigenvalue weighted by Gasteiger charge is -2.64. The Morgan fingerprint density at radius 3 is 2.14 bits per heavy atom. The van der Waals surface area contributed by atoms with Crippen LogP contribution >= 0.6 is 0 Å². The molecular formula is C22H38O7. The van der Waals surface area contributed by atoms with Gasteiger partial charge in [0.15, 0.2) is 5.60 Å². The molecule has 3 fully saturated rings. The van der Waals surface area contributed by atoms with Crippen LogP contribution < -0.4 is 0 Å². The average Bonchev–Trinajstić information content (AvgIpc) is 2.64. The van der Waals surface area contributed by atoms with E-state index in [4.69, 9.17) is 33.2 Å². The van der Waals surface area contributed by atoms with Crippen molar-refractivity contribution in [3.63, 3.8) is 0 Å². The highest BCUT2D eigenvalue weighted by molar-refractivity contribution is 5.29. The minimum atomic E-state index is -0.896. The van der Waals surface area contributed by atoms with Gasteiger partial charge in [0.1, 0.15) is 26.5 Å². The van der Waals surface area contributed by atoms with Crippen LogP contribution in [0, 0.1) is 23.2 Å². The van der Waals surface area contributed by atoms with Crippen molar-refractivity contribution >= 4 is 0 Å². The lowest BCUT2D eigenvalue weighted by Crippen LogP contribution is -2.74. The van der Waals surface area contributed by atoms with Gasteiger partial charge in [0, 0.05) is 32.7 Å². The van der Waals surface area contributed by atoms with E-state index in [1.807, 2.05) is 6.92 Å². The lowest BCUT2D eigenvalue weighted by atomic mass is 9.50. The molecule has 0 aromatic carbocycles. The highest BCUT2D eigenvalue weighted by Gasteiger charge is 2.69. The molecule has 7 heteroatoms. The molecule has 3 aliphatic carbocycles. The second-order valence-electron chi connectivity index (χ2n) is 9.05. The summed E-state index contributed by atoms with van der Waals surface area (Å²) >= 11 is 0. The molecule has 29 heavy (non-hydrogen) atoms. The molecule has 3 aliphatic rings. The summed E-state index contributed by atoms with van der Waals surface area (Å²) in [6.45, 7) is 10.7. The van der Waals surface area contributed by atoms with Crippen LogP contribution in [0.2, 0.25) is 0 Å². The summed E-state index contributed by atoms with van der Waals surface area (Å²) in [7, 11) is 4.84. The van der Waals surface area contributed by atoms with Crippen molar-refractivity contribution < 1.29 is 33.2 Å². The molecule has 0 N–H and O–H groups in total. The van der Waals surface area contributed by atoms with Crippen LogP contribution in [0.3, 0.4) is 0 Å². The Kier molecular flexibility index (Phi) is 8.51. The summed E-state index contributed by atoms with van der Waals surface area (Å²) in [6, 6.07) is 0. The molecular weight excluding hydrogens is 376 g/mol. The molecule has 3 saturated carbocycles. The van der Waals surface area contributed by atoms with Crippen molar-refractivity contribution in [1.82, 2.24) is 0 Å². The van der Waals surface area contributed by atoms with Gasteiger partial charge in [0.25, 0.3) is 0 Å². The largest absolute Gasteiger partial charge is 0.372 e. The maximum absolute atomic E-state index is 6.51. The molecule has 7 nitrogen and oxygen atoms in total. The van der Waals surface area contributed by atoms with Crippen molar-refractivity contribution in [2.75, 3.05) is 41.7 Å². The van der Waals surface area contributed by atoms with Crippen molar-refractivity contribution in [1.29, 1.82) is 0 Å². The molecule has 168 valence electrons. The van der Waals surface area contributed by atoms with Crippen LogP contribution in [0.5, 0.6) is 0 Å². The zero-order valence-corrected chi connectivity index (χ0v) is 19.2. The fourth-order valence-electron chi connectivity index (χ4n) is 4.89. The molecule has 0 saturated heterocycles. The quantitative estimate of drug-likeness (QED) is 0.402. The van der Waals surface area contributed by atoms with E-state index in [1.54, 1.807) is 21.3 Å². The molecule has 0 aromatic rings. The first-order chi connectivity index (χ1) is 13.7. The van der Waals surface area contributed by atoms with Gasteiger partial charge in [-0.05, 0) is 40.5 Å². The van der Waals surface area contributed by atoms with Gasteiger partial charge >= 0.3 is 0 Å². The Labute approximate surface area is 175 Å². The molecule has 0 aliphatic heterocycles. The molecule has 0 spiro atoms. The molecule has 0 radical (unpaired) electrons. The first-order valence-corrected chi connectivity index (χ1v) is 10.1. The molecule has 2 bridgehead atoms. The second-order valence-corrected chi connectivity index (χ2v) is 9.05. The number of ether oxygens (including phenoxy) is 7. The van der Waals surface area contributed by atoms with Crippen LogP contribution in [0.25, 0.3) is 0 Å². The highest BCUT2D eigenvalue weighted by Crippen LogP contribution is 2.59. The summed E-state index contributed by atoms with van der Waals surface area (Å²) in [6.07, 6.45) is 0.994. The molecule has 0 amide bonds. The smallest absolute Gasteiger partial charge is 0.163 e. The van der Waals surface area contributed by atoms with Crippen LogP contribution in [-0.4, -0.2) is 71.2 Å². The molecule has 3 rings (SSSR count). The topological polar surface area (TPSA) is 64.6 Å². The van der Waals surface area contributed by atoms with Crippen molar-refractivity contribution in [3.8, 4) is 11.8 Å². The van der Waals surface area contributed by atoms with Crippen LogP contribution in [-0.2, 0) is 33.2 Å². The standard InChI is InChI=1S/C22H38O7/c1-9-10-22(28-15-25-8)16-11-18(29-20(2,3)4)21(5,19(22)27-14-24-7)12-17(16)26-13-23-6/h16-19H,11-15H2,1-8H3/t16-,17+,18+,19-,21-,22+/m1/s1. The van der Waals surface area contributed by atoms with Crippen LogP contribution in [0.15, 0.2) is 0 Å². The van der Waals surface area contributed by atoms with Gasteiger partial charge in [-0.15, -0.1) is 5.92 Å². The van der Waals surface area contributed by atoms with Crippen LogP contribution in [0.1, 0.15) is 47.5 Å². The minimum Gasteiger partial charge on any atom is -0.372 e. The Morgan fingerprint density at radius 2 is 1.59 bits per heavy atom. The first-order valence-electron chi connectivity index (χ1n) is 10.1. The predicted molar refractivity (Wildman–Crippen MR) is 108 cm³/mol. The van der Waals surface area contributed by atoms with E-state index >= 15 is 0 Å². The van der Waals surface area contributed by atoms with Gasteiger partial charge in [-0.1, -0.05) is 12.8 Å². The fraction of sp³-hybridized carbons (Fsp3) is 0.909. The Hall–Kier alpha value is -0.720. The summed E-state index contributed by atoms with van der Waals surface area (Å²) in [5.74, 6) is 6.31. The van der Waals surface area contributed by atoms with Gasteiger partial charge < -0.3 is 33.2 Å². The fourth-order valence-corrected chi connectivity index (χ4v) is 4.89. The maximum atomic E-state index is 6.51. The van der Waals surface area contributed by atoms with E-state index in [0.717, 1.165) is 12.8 Å². The van der Waals surface area contributed by atoms with E-state index < -0.39 is 11.0 Å².